The van der Waals surface area contributed by atoms with E-state index in [0.29, 0.717) is 6.04 Å². The van der Waals surface area contributed by atoms with Gasteiger partial charge in [-0.2, -0.15) is 0 Å². The second-order valence-corrected chi connectivity index (χ2v) is 5.48. The first-order chi connectivity index (χ1) is 6.86. The van der Waals surface area contributed by atoms with Crippen LogP contribution in [0.15, 0.2) is 0 Å². The van der Waals surface area contributed by atoms with E-state index in [9.17, 15) is 4.79 Å². The van der Waals surface area contributed by atoms with Crippen molar-refractivity contribution in [1.29, 1.82) is 0 Å². The van der Waals surface area contributed by atoms with Gasteiger partial charge in [0.15, 0.2) is 0 Å². The molecule has 15 heavy (non-hydrogen) atoms. The fourth-order valence-electron chi connectivity index (χ4n) is 2.12. The summed E-state index contributed by atoms with van der Waals surface area (Å²) < 4.78 is 0. The zero-order valence-electron chi connectivity index (χ0n) is 10.7. The summed E-state index contributed by atoms with van der Waals surface area (Å²) >= 11 is 0. The lowest BCUT2D eigenvalue weighted by molar-refractivity contribution is -0.142. The Kier molecular flexibility index (Phi) is 3.77. The van der Waals surface area contributed by atoms with Crippen LogP contribution in [0.5, 0.6) is 0 Å². The van der Waals surface area contributed by atoms with Crippen LogP contribution in [0.3, 0.4) is 0 Å². The summed E-state index contributed by atoms with van der Waals surface area (Å²) in [6.45, 7) is 14.2. The van der Waals surface area contributed by atoms with Gasteiger partial charge in [-0.3, -0.25) is 9.69 Å². The van der Waals surface area contributed by atoms with Crippen LogP contribution < -0.4 is 0 Å². The molecule has 0 N–H and O–H groups in total. The predicted octanol–water partition coefficient (Wildman–Crippen LogP) is 1.59. The lowest BCUT2D eigenvalue weighted by Gasteiger charge is -2.41. The maximum atomic E-state index is 12.1. The predicted molar refractivity (Wildman–Crippen MR) is 62.7 cm³/mol. The van der Waals surface area contributed by atoms with Crippen molar-refractivity contribution in [2.75, 3.05) is 26.2 Å². The number of amides is 1. The van der Waals surface area contributed by atoms with E-state index in [-0.39, 0.29) is 11.3 Å². The molecule has 1 amide bonds. The number of carbonyl (C=O) groups is 1. The highest BCUT2D eigenvalue weighted by Gasteiger charge is 2.31. The number of nitrogens with zero attached hydrogens (tertiary/aromatic N) is 2. The molecule has 1 aliphatic rings. The summed E-state index contributed by atoms with van der Waals surface area (Å²) in [5.74, 6) is 0.283. The van der Waals surface area contributed by atoms with Crippen LogP contribution >= 0.6 is 0 Å². The van der Waals surface area contributed by atoms with Crippen LogP contribution in [0, 0.1) is 5.41 Å². The minimum absolute atomic E-state index is 0.242. The van der Waals surface area contributed by atoms with Gasteiger partial charge in [0.2, 0.25) is 5.91 Å². The van der Waals surface area contributed by atoms with Crippen LogP contribution in [-0.4, -0.2) is 47.9 Å². The van der Waals surface area contributed by atoms with Crippen molar-refractivity contribution < 1.29 is 4.79 Å². The third-order valence-electron chi connectivity index (χ3n) is 3.10. The fourth-order valence-corrected chi connectivity index (χ4v) is 2.12. The second-order valence-electron chi connectivity index (χ2n) is 5.48. The molecule has 0 aromatic rings. The van der Waals surface area contributed by atoms with Crippen LogP contribution in [0.2, 0.25) is 0 Å². The average molecular weight is 212 g/mol. The first-order valence-electron chi connectivity index (χ1n) is 5.89. The van der Waals surface area contributed by atoms with Gasteiger partial charge in [0.25, 0.3) is 0 Å². The van der Waals surface area contributed by atoms with E-state index in [1.54, 1.807) is 0 Å². The van der Waals surface area contributed by atoms with E-state index < -0.39 is 0 Å². The third-order valence-corrected chi connectivity index (χ3v) is 3.10. The Morgan fingerprint density at radius 2 is 1.93 bits per heavy atom. The van der Waals surface area contributed by atoms with Gasteiger partial charge in [0, 0.05) is 31.1 Å². The van der Waals surface area contributed by atoms with Crippen molar-refractivity contribution in [3.63, 3.8) is 0 Å². The van der Waals surface area contributed by atoms with Crippen LogP contribution in [-0.2, 0) is 4.79 Å². The van der Waals surface area contributed by atoms with Gasteiger partial charge >= 0.3 is 0 Å². The average Bonchev–Trinajstić information content (AvgIpc) is 2.15. The first kappa shape index (κ1) is 12.5. The molecule has 1 heterocycles. The van der Waals surface area contributed by atoms with Gasteiger partial charge < -0.3 is 4.90 Å². The second kappa shape index (κ2) is 4.52. The molecule has 0 saturated carbocycles. The summed E-state index contributed by atoms with van der Waals surface area (Å²) in [5.41, 5.74) is -0.242. The first-order valence-corrected chi connectivity index (χ1v) is 5.89. The van der Waals surface area contributed by atoms with Gasteiger partial charge in [-0.15, -0.1) is 0 Å². The molecule has 0 spiro atoms. The van der Waals surface area contributed by atoms with E-state index in [0.717, 1.165) is 26.2 Å². The minimum Gasteiger partial charge on any atom is -0.339 e. The van der Waals surface area contributed by atoms with Crippen molar-refractivity contribution in [2.24, 2.45) is 5.41 Å². The number of hydrogen-bond acceptors (Lipinski definition) is 2. The van der Waals surface area contributed by atoms with Crippen LogP contribution in [0.1, 0.15) is 34.6 Å². The minimum atomic E-state index is -0.242. The zero-order valence-corrected chi connectivity index (χ0v) is 10.7. The highest BCUT2D eigenvalue weighted by atomic mass is 16.2. The van der Waals surface area contributed by atoms with Gasteiger partial charge in [-0.05, 0) is 13.5 Å². The van der Waals surface area contributed by atoms with E-state index >= 15 is 0 Å². The van der Waals surface area contributed by atoms with Crippen molar-refractivity contribution >= 4 is 5.91 Å². The quantitative estimate of drug-likeness (QED) is 0.659. The van der Waals surface area contributed by atoms with Gasteiger partial charge in [0.05, 0.1) is 0 Å². The Balaban J connectivity index is 2.58. The Morgan fingerprint density at radius 1 is 1.33 bits per heavy atom. The highest BCUT2D eigenvalue weighted by molar-refractivity contribution is 5.81. The van der Waals surface area contributed by atoms with Crippen molar-refractivity contribution in [3.05, 3.63) is 0 Å². The van der Waals surface area contributed by atoms with Gasteiger partial charge in [-0.1, -0.05) is 27.7 Å². The van der Waals surface area contributed by atoms with E-state index in [4.69, 9.17) is 0 Å². The number of hydrogen-bond donors (Lipinski definition) is 0. The monoisotopic (exact) mass is 212 g/mol. The number of piperazine rings is 1. The molecule has 1 rings (SSSR count). The van der Waals surface area contributed by atoms with Crippen LogP contribution in [0.4, 0.5) is 0 Å². The molecule has 3 heteroatoms. The highest BCUT2D eigenvalue weighted by Crippen LogP contribution is 2.20. The molecule has 0 aliphatic carbocycles. The largest absolute Gasteiger partial charge is 0.339 e. The summed E-state index contributed by atoms with van der Waals surface area (Å²) in [6.07, 6.45) is 0. The van der Waals surface area contributed by atoms with Crippen molar-refractivity contribution in [1.82, 2.24) is 9.80 Å². The topological polar surface area (TPSA) is 23.6 Å². The SMILES string of the molecule is CCN1CCN(C(=O)C(C)(C)C)CC1C. The lowest BCUT2D eigenvalue weighted by Crippen LogP contribution is -2.55. The molecular formula is C12H24N2O. The van der Waals surface area contributed by atoms with Gasteiger partial charge in [0.1, 0.15) is 0 Å². The maximum absolute atomic E-state index is 12.1. The standard InChI is InChI=1S/C12H24N2O/c1-6-13-7-8-14(9-10(13)2)11(15)12(3,4)5/h10H,6-9H2,1-5H3. The Hall–Kier alpha value is -0.570. The summed E-state index contributed by atoms with van der Waals surface area (Å²) in [5, 5.41) is 0. The Bertz CT molecular complexity index is 232. The molecule has 0 aromatic heterocycles. The normalized spacial score (nSPS) is 24.3. The van der Waals surface area contributed by atoms with Crippen molar-refractivity contribution in [3.8, 4) is 0 Å². The molecule has 88 valence electrons. The molecule has 0 radical (unpaired) electrons. The Labute approximate surface area is 93.4 Å². The van der Waals surface area contributed by atoms with Crippen molar-refractivity contribution in [2.45, 2.75) is 40.7 Å². The smallest absolute Gasteiger partial charge is 0.228 e. The summed E-state index contributed by atoms with van der Waals surface area (Å²) in [7, 11) is 0. The number of carbonyl (C=O) groups excluding carboxylic acids is 1. The number of likely N-dealkylation sites (N-methyl/N-ethyl adjacent to an activating group) is 1. The molecule has 1 fully saturated rings. The zero-order chi connectivity index (χ0) is 11.6. The molecule has 1 unspecified atom stereocenters. The number of rotatable bonds is 1. The molecule has 1 aliphatic heterocycles. The lowest BCUT2D eigenvalue weighted by atomic mass is 9.94. The summed E-state index contributed by atoms with van der Waals surface area (Å²) in [6, 6.07) is 0.495. The molecule has 0 aromatic carbocycles. The van der Waals surface area contributed by atoms with E-state index in [2.05, 4.69) is 18.7 Å². The molecular weight excluding hydrogens is 188 g/mol. The fraction of sp³-hybridized carbons (Fsp3) is 0.917. The van der Waals surface area contributed by atoms with E-state index in [1.807, 2.05) is 25.7 Å². The van der Waals surface area contributed by atoms with Crippen LogP contribution in [0.25, 0.3) is 0 Å². The molecule has 3 nitrogen and oxygen atoms in total. The van der Waals surface area contributed by atoms with Gasteiger partial charge in [-0.25, -0.2) is 0 Å². The van der Waals surface area contributed by atoms with E-state index in [1.165, 1.54) is 0 Å². The molecule has 0 bridgehead atoms. The maximum Gasteiger partial charge on any atom is 0.228 e. The third kappa shape index (κ3) is 2.94. The molecule has 1 atom stereocenters. The Morgan fingerprint density at radius 3 is 2.33 bits per heavy atom. The summed E-state index contributed by atoms with van der Waals surface area (Å²) in [4.78, 5) is 16.5. The molecule has 1 saturated heterocycles.